The van der Waals surface area contributed by atoms with Crippen LogP contribution in [0.25, 0.3) is 10.8 Å². The number of hydrogen-bond donors (Lipinski definition) is 2. The molecule has 27 heavy (non-hydrogen) atoms. The number of hydrogen-bond acceptors (Lipinski definition) is 4. The maximum atomic E-state index is 12.2. The molecule has 0 aromatic heterocycles. The number of fused-ring (bicyclic) bond motifs is 1. The van der Waals surface area contributed by atoms with Gasteiger partial charge in [-0.25, -0.2) is 4.79 Å². The minimum atomic E-state index is -0.576. The summed E-state index contributed by atoms with van der Waals surface area (Å²) in [4.78, 5) is 24.2. The third-order valence-electron chi connectivity index (χ3n) is 4.37. The molecule has 0 fully saturated rings. The Labute approximate surface area is 157 Å². The van der Waals surface area contributed by atoms with Crippen LogP contribution in [0.15, 0.2) is 66.7 Å². The van der Waals surface area contributed by atoms with Crippen molar-refractivity contribution >= 4 is 22.6 Å². The zero-order valence-electron chi connectivity index (χ0n) is 15.0. The van der Waals surface area contributed by atoms with Gasteiger partial charge in [0.15, 0.2) is 6.61 Å². The van der Waals surface area contributed by atoms with E-state index in [-0.39, 0.29) is 25.2 Å². The number of ether oxygens (including phenoxy) is 1. The quantitative estimate of drug-likeness (QED) is 0.659. The van der Waals surface area contributed by atoms with Gasteiger partial charge in [0, 0.05) is 0 Å². The second-order valence-corrected chi connectivity index (χ2v) is 6.29. The number of carbonyl (C=O) groups excluding carboxylic acids is 2. The van der Waals surface area contributed by atoms with Crippen molar-refractivity contribution in [2.75, 3.05) is 6.61 Å². The number of nitrogens with one attached hydrogen (secondary N) is 1. The second-order valence-electron chi connectivity index (χ2n) is 6.29. The molecule has 0 bridgehead atoms. The van der Waals surface area contributed by atoms with Crippen LogP contribution in [0.2, 0.25) is 0 Å². The predicted octanol–water partition coefficient (Wildman–Crippen LogP) is 3.37. The largest absolute Gasteiger partial charge is 0.452 e. The molecule has 0 unspecified atom stereocenters. The minimum absolute atomic E-state index is 0.0935. The van der Waals surface area contributed by atoms with Crippen LogP contribution in [0.4, 0.5) is 0 Å². The van der Waals surface area contributed by atoms with Crippen molar-refractivity contribution in [2.24, 2.45) is 0 Å². The smallest absolute Gasteiger partial charge is 0.338 e. The first-order valence-corrected chi connectivity index (χ1v) is 8.72. The summed E-state index contributed by atoms with van der Waals surface area (Å²) in [5.41, 5.74) is 2.04. The molecule has 0 aliphatic rings. The fourth-order valence-electron chi connectivity index (χ4n) is 2.95. The van der Waals surface area contributed by atoms with Crippen molar-refractivity contribution in [2.45, 2.75) is 19.6 Å². The van der Waals surface area contributed by atoms with Crippen LogP contribution in [0.1, 0.15) is 34.5 Å². The minimum Gasteiger partial charge on any atom is -0.452 e. The molecule has 0 spiro atoms. The average Bonchev–Trinajstić information content (AvgIpc) is 2.71. The summed E-state index contributed by atoms with van der Waals surface area (Å²) >= 11 is 0. The van der Waals surface area contributed by atoms with Crippen LogP contribution < -0.4 is 5.32 Å². The van der Waals surface area contributed by atoms with Gasteiger partial charge in [-0.15, -0.1) is 0 Å². The van der Waals surface area contributed by atoms with Crippen LogP contribution in [0, 0.1) is 0 Å². The van der Waals surface area contributed by atoms with Crippen molar-refractivity contribution in [1.29, 1.82) is 0 Å². The molecule has 0 aliphatic heterocycles. The van der Waals surface area contributed by atoms with Gasteiger partial charge in [0.1, 0.15) is 0 Å². The third-order valence-corrected chi connectivity index (χ3v) is 4.37. The van der Waals surface area contributed by atoms with E-state index in [2.05, 4.69) is 5.32 Å². The van der Waals surface area contributed by atoms with Crippen LogP contribution in [-0.2, 0) is 16.1 Å². The van der Waals surface area contributed by atoms with Crippen LogP contribution in [-0.4, -0.2) is 23.6 Å². The van der Waals surface area contributed by atoms with E-state index in [1.165, 1.54) is 0 Å². The van der Waals surface area contributed by atoms with Crippen LogP contribution >= 0.6 is 0 Å². The molecule has 0 heterocycles. The predicted molar refractivity (Wildman–Crippen MR) is 103 cm³/mol. The Morgan fingerprint density at radius 2 is 1.70 bits per heavy atom. The molecule has 0 saturated carbocycles. The molecule has 3 aromatic carbocycles. The fourth-order valence-corrected chi connectivity index (χ4v) is 2.95. The molecule has 5 nitrogen and oxygen atoms in total. The molecule has 3 rings (SSSR count). The normalized spacial score (nSPS) is 11.8. The first kappa shape index (κ1) is 18.6. The lowest BCUT2D eigenvalue weighted by Gasteiger charge is -2.16. The number of benzene rings is 3. The molecular formula is C22H21NO4. The number of carbonyl (C=O) groups is 2. The Morgan fingerprint density at radius 1 is 1.00 bits per heavy atom. The molecule has 1 atom stereocenters. The second kappa shape index (κ2) is 8.47. The molecule has 138 valence electrons. The highest BCUT2D eigenvalue weighted by molar-refractivity contribution is 5.91. The highest BCUT2D eigenvalue weighted by Gasteiger charge is 2.14. The van der Waals surface area contributed by atoms with Gasteiger partial charge < -0.3 is 15.2 Å². The summed E-state index contributed by atoms with van der Waals surface area (Å²) in [6.45, 7) is 1.45. The first-order chi connectivity index (χ1) is 13.1. The zero-order chi connectivity index (χ0) is 19.2. The van der Waals surface area contributed by atoms with Gasteiger partial charge in [-0.1, -0.05) is 54.6 Å². The molecule has 3 aromatic rings. The number of esters is 1. The lowest BCUT2D eigenvalue weighted by atomic mass is 10.00. The van der Waals surface area contributed by atoms with Gasteiger partial charge in [-0.05, 0) is 41.0 Å². The Bertz CT molecular complexity index is 945. The van der Waals surface area contributed by atoms with Crippen molar-refractivity contribution in [3.63, 3.8) is 0 Å². The van der Waals surface area contributed by atoms with Crippen molar-refractivity contribution < 1.29 is 19.4 Å². The Balaban J connectivity index is 1.59. The fraction of sp³-hybridized carbons (Fsp3) is 0.182. The van der Waals surface area contributed by atoms with E-state index in [0.29, 0.717) is 11.1 Å². The monoisotopic (exact) mass is 363 g/mol. The molecule has 0 aliphatic carbocycles. The van der Waals surface area contributed by atoms with E-state index < -0.39 is 5.97 Å². The lowest BCUT2D eigenvalue weighted by Crippen LogP contribution is -2.31. The zero-order valence-corrected chi connectivity index (χ0v) is 15.0. The molecule has 0 radical (unpaired) electrons. The maximum absolute atomic E-state index is 12.2. The van der Waals surface area contributed by atoms with Gasteiger partial charge in [-0.3, -0.25) is 4.79 Å². The molecular weight excluding hydrogens is 342 g/mol. The van der Waals surface area contributed by atoms with E-state index in [1.54, 1.807) is 24.3 Å². The number of aliphatic hydroxyl groups excluding tert-OH is 1. The molecule has 5 heteroatoms. The van der Waals surface area contributed by atoms with E-state index in [4.69, 9.17) is 9.84 Å². The van der Waals surface area contributed by atoms with Crippen molar-refractivity contribution in [3.8, 4) is 0 Å². The Morgan fingerprint density at radius 3 is 2.44 bits per heavy atom. The number of amides is 1. The van der Waals surface area contributed by atoms with E-state index >= 15 is 0 Å². The van der Waals surface area contributed by atoms with Crippen LogP contribution in [0.5, 0.6) is 0 Å². The van der Waals surface area contributed by atoms with Crippen LogP contribution in [0.3, 0.4) is 0 Å². The number of rotatable bonds is 6. The van der Waals surface area contributed by atoms with Gasteiger partial charge in [0.05, 0.1) is 18.2 Å². The van der Waals surface area contributed by atoms with E-state index in [0.717, 1.165) is 16.3 Å². The van der Waals surface area contributed by atoms with Crippen molar-refractivity contribution in [1.82, 2.24) is 5.32 Å². The van der Waals surface area contributed by atoms with Gasteiger partial charge in [0.25, 0.3) is 5.91 Å². The topological polar surface area (TPSA) is 75.6 Å². The standard InChI is InChI=1S/C22H21NO4/c1-15(19-8-4-6-17-5-2-3-7-20(17)19)23-21(25)14-27-22(26)18-11-9-16(13-24)10-12-18/h2-12,15,24H,13-14H2,1H3,(H,23,25)/t15-/m0/s1. The molecule has 1 amide bonds. The van der Waals surface area contributed by atoms with E-state index in [9.17, 15) is 9.59 Å². The van der Waals surface area contributed by atoms with Gasteiger partial charge in [0.2, 0.25) is 0 Å². The molecule has 2 N–H and O–H groups in total. The summed E-state index contributed by atoms with van der Waals surface area (Å²) in [5, 5.41) is 14.1. The molecule has 0 saturated heterocycles. The first-order valence-electron chi connectivity index (χ1n) is 8.72. The van der Waals surface area contributed by atoms with E-state index in [1.807, 2.05) is 49.4 Å². The third kappa shape index (κ3) is 4.51. The number of aliphatic hydroxyl groups is 1. The van der Waals surface area contributed by atoms with Gasteiger partial charge >= 0.3 is 5.97 Å². The van der Waals surface area contributed by atoms with Crippen molar-refractivity contribution in [3.05, 3.63) is 83.4 Å². The highest BCUT2D eigenvalue weighted by atomic mass is 16.5. The highest BCUT2D eigenvalue weighted by Crippen LogP contribution is 2.23. The average molecular weight is 363 g/mol. The Hall–Kier alpha value is -3.18. The summed E-state index contributed by atoms with van der Waals surface area (Å²) in [7, 11) is 0. The summed E-state index contributed by atoms with van der Waals surface area (Å²) in [6.07, 6.45) is 0. The lowest BCUT2D eigenvalue weighted by molar-refractivity contribution is -0.124. The SMILES string of the molecule is C[C@H](NC(=O)COC(=O)c1ccc(CO)cc1)c1cccc2ccccc12. The summed E-state index contributed by atoms with van der Waals surface area (Å²) in [5.74, 6) is -0.941. The Kier molecular flexibility index (Phi) is 5.84. The maximum Gasteiger partial charge on any atom is 0.338 e. The summed E-state index contributed by atoms with van der Waals surface area (Å²) in [6, 6.07) is 20.1. The van der Waals surface area contributed by atoms with Gasteiger partial charge in [-0.2, -0.15) is 0 Å². The summed E-state index contributed by atoms with van der Waals surface area (Å²) < 4.78 is 5.07.